The minimum atomic E-state index is 0.0389. The first-order valence-electron chi connectivity index (χ1n) is 6.69. The highest BCUT2D eigenvalue weighted by molar-refractivity contribution is 6.22. The molecule has 0 saturated heterocycles. The molecule has 0 N–H and O–H groups in total. The zero-order valence-electron chi connectivity index (χ0n) is 11.5. The van der Waals surface area contributed by atoms with E-state index in [0.717, 1.165) is 19.3 Å². The Morgan fingerprint density at radius 1 is 1.29 bits per heavy atom. The molecule has 2 heteroatoms. The molecule has 0 heterocycles. The monoisotopic (exact) mass is 236 g/mol. The van der Waals surface area contributed by atoms with Crippen LogP contribution in [-0.4, -0.2) is 11.6 Å². The van der Waals surface area contributed by atoms with Crippen molar-refractivity contribution in [2.75, 3.05) is 0 Å². The summed E-state index contributed by atoms with van der Waals surface area (Å²) in [6.45, 7) is 8.34. The van der Waals surface area contributed by atoms with Crippen LogP contribution in [0.15, 0.2) is 11.6 Å². The molecule has 1 aliphatic carbocycles. The van der Waals surface area contributed by atoms with Crippen LogP contribution >= 0.6 is 0 Å². The number of allylic oxidation sites excluding steroid dienone is 2. The van der Waals surface area contributed by atoms with E-state index in [1.165, 1.54) is 0 Å². The maximum absolute atomic E-state index is 12.1. The summed E-state index contributed by atoms with van der Waals surface area (Å²) in [6, 6.07) is 0. The normalized spacial score (nSPS) is 20.2. The molecular weight excluding hydrogens is 212 g/mol. The van der Waals surface area contributed by atoms with Gasteiger partial charge in [-0.3, -0.25) is 9.59 Å². The van der Waals surface area contributed by atoms with Crippen LogP contribution in [0.1, 0.15) is 53.4 Å². The van der Waals surface area contributed by atoms with Gasteiger partial charge in [-0.2, -0.15) is 0 Å². The molecule has 0 aromatic rings. The van der Waals surface area contributed by atoms with Gasteiger partial charge in [0.2, 0.25) is 0 Å². The fourth-order valence-electron chi connectivity index (χ4n) is 2.20. The van der Waals surface area contributed by atoms with Crippen molar-refractivity contribution in [1.82, 2.24) is 0 Å². The average Bonchev–Trinajstić information content (AvgIpc) is 2.55. The SMILES string of the molecule is CC(C)CCC1CC=C(C(=O)CC(C)C)C1=O. The molecule has 0 saturated carbocycles. The van der Waals surface area contributed by atoms with Gasteiger partial charge in [-0.05, 0) is 24.7 Å². The molecule has 2 nitrogen and oxygen atoms in total. The Kier molecular flexibility index (Phi) is 5.10. The Morgan fingerprint density at radius 2 is 1.94 bits per heavy atom. The lowest BCUT2D eigenvalue weighted by atomic mass is 9.92. The number of hydrogen-bond donors (Lipinski definition) is 0. The molecular formula is C15H24O2. The Labute approximate surface area is 104 Å². The standard InChI is InChI=1S/C15H24O2/c1-10(2)5-6-12-7-8-13(15(12)17)14(16)9-11(3)4/h8,10-12H,5-7,9H2,1-4H3. The third-order valence-corrected chi connectivity index (χ3v) is 3.23. The van der Waals surface area contributed by atoms with Crippen molar-refractivity contribution in [1.29, 1.82) is 0 Å². The predicted octanol–water partition coefficient (Wildman–Crippen LogP) is 3.55. The van der Waals surface area contributed by atoms with Gasteiger partial charge in [0.15, 0.2) is 11.6 Å². The smallest absolute Gasteiger partial charge is 0.169 e. The molecule has 96 valence electrons. The lowest BCUT2D eigenvalue weighted by Gasteiger charge is -2.11. The molecule has 0 amide bonds. The van der Waals surface area contributed by atoms with E-state index in [1.54, 1.807) is 0 Å². The largest absolute Gasteiger partial charge is 0.294 e. The number of ketones is 2. The van der Waals surface area contributed by atoms with Crippen molar-refractivity contribution in [3.05, 3.63) is 11.6 Å². The molecule has 17 heavy (non-hydrogen) atoms. The van der Waals surface area contributed by atoms with Gasteiger partial charge in [0.1, 0.15) is 0 Å². The first-order valence-corrected chi connectivity index (χ1v) is 6.69. The Balaban J connectivity index is 2.51. The quantitative estimate of drug-likeness (QED) is 0.661. The van der Waals surface area contributed by atoms with Crippen LogP contribution in [0, 0.1) is 17.8 Å². The van der Waals surface area contributed by atoms with Gasteiger partial charge in [0.05, 0.1) is 5.57 Å². The van der Waals surface area contributed by atoms with Crippen LogP contribution in [0.5, 0.6) is 0 Å². The van der Waals surface area contributed by atoms with E-state index in [-0.39, 0.29) is 17.5 Å². The van der Waals surface area contributed by atoms with Gasteiger partial charge in [-0.1, -0.05) is 40.2 Å². The van der Waals surface area contributed by atoms with Crippen LogP contribution in [0.3, 0.4) is 0 Å². The summed E-state index contributed by atoms with van der Waals surface area (Å²) in [5, 5.41) is 0. The van der Waals surface area contributed by atoms with E-state index < -0.39 is 0 Å². The van der Waals surface area contributed by atoms with E-state index in [2.05, 4.69) is 13.8 Å². The fraction of sp³-hybridized carbons (Fsp3) is 0.733. The Hall–Kier alpha value is -0.920. The van der Waals surface area contributed by atoms with Crippen LogP contribution in [0.2, 0.25) is 0 Å². The van der Waals surface area contributed by atoms with Gasteiger partial charge in [-0.15, -0.1) is 0 Å². The van der Waals surface area contributed by atoms with Gasteiger partial charge in [0, 0.05) is 12.3 Å². The highest BCUT2D eigenvalue weighted by Crippen LogP contribution is 2.28. The van der Waals surface area contributed by atoms with Crippen LogP contribution in [0.25, 0.3) is 0 Å². The zero-order chi connectivity index (χ0) is 13.0. The maximum atomic E-state index is 12.1. The van der Waals surface area contributed by atoms with Crippen LogP contribution in [-0.2, 0) is 9.59 Å². The van der Waals surface area contributed by atoms with Crippen molar-refractivity contribution in [2.24, 2.45) is 17.8 Å². The third kappa shape index (κ3) is 4.10. The highest BCUT2D eigenvalue weighted by Gasteiger charge is 2.30. The number of hydrogen-bond acceptors (Lipinski definition) is 2. The van der Waals surface area contributed by atoms with Crippen molar-refractivity contribution < 1.29 is 9.59 Å². The lowest BCUT2D eigenvalue weighted by molar-refractivity contribution is -0.123. The molecule has 0 radical (unpaired) electrons. The van der Waals surface area contributed by atoms with Crippen LogP contribution in [0.4, 0.5) is 0 Å². The van der Waals surface area contributed by atoms with E-state index in [9.17, 15) is 9.59 Å². The minimum Gasteiger partial charge on any atom is -0.294 e. The second kappa shape index (κ2) is 6.13. The topological polar surface area (TPSA) is 34.1 Å². The summed E-state index contributed by atoms with van der Waals surface area (Å²) in [6.07, 6.45) is 5.11. The maximum Gasteiger partial charge on any atom is 0.169 e. The molecule has 0 aromatic heterocycles. The van der Waals surface area contributed by atoms with E-state index in [1.807, 2.05) is 19.9 Å². The molecule has 1 aliphatic rings. The van der Waals surface area contributed by atoms with Crippen molar-refractivity contribution in [3.63, 3.8) is 0 Å². The second-order valence-corrected chi connectivity index (χ2v) is 5.91. The molecule has 0 aliphatic heterocycles. The molecule has 1 atom stereocenters. The Bertz CT molecular complexity index is 324. The fourth-order valence-corrected chi connectivity index (χ4v) is 2.20. The number of Topliss-reactive ketones (excluding diaryl/α,β-unsaturated/α-hetero) is 2. The minimum absolute atomic E-state index is 0.0389. The van der Waals surface area contributed by atoms with Crippen molar-refractivity contribution >= 4 is 11.6 Å². The van der Waals surface area contributed by atoms with Crippen molar-refractivity contribution in [2.45, 2.75) is 53.4 Å². The molecule has 0 fully saturated rings. The number of carbonyl (C=O) groups excluding carboxylic acids is 2. The van der Waals surface area contributed by atoms with Gasteiger partial charge in [0.25, 0.3) is 0 Å². The lowest BCUT2D eigenvalue weighted by Crippen LogP contribution is -2.17. The Morgan fingerprint density at radius 3 is 2.47 bits per heavy atom. The summed E-state index contributed by atoms with van der Waals surface area (Å²) >= 11 is 0. The summed E-state index contributed by atoms with van der Waals surface area (Å²) < 4.78 is 0. The summed E-state index contributed by atoms with van der Waals surface area (Å²) in [4.78, 5) is 23.9. The first kappa shape index (κ1) is 14.1. The molecule has 0 spiro atoms. The summed E-state index contributed by atoms with van der Waals surface area (Å²) in [5.41, 5.74) is 0.479. The van der Waals surface area contributed by atoms with E-state index in [0.29, 0.717) is 23.8 Å². The highest BCUT2D eigenvalue weighted by atomic mass is 16.1. The van der Waals surface area contributed by atoms with Gasteiger partial charge >= 0.3 is 0 Å². The molecule has 1 rings (SSSR count). The number of rotatable bonds is 6. The second-order valence-electron chi connectivity index (χ2n) is 5.91. The third-order valence-electron chi connectivity index (χ3n) is 3.23. The zero-order valence-corrected chi connectivity index (χ0v) is 11.5. The van der Waals surface area contributed by atoms with E-state index >= 15 is 0 Å². The van der Waals surface area contributed by atoms with E-state index in [4.69, 9.17) is 0 Å². The first-order chi connectivity index (χ1) is 7.91. The number of carbonyl (C=O) groups is 2. The predicted molar refractivity (Wildman–Crippen MR) is 69.7 cm³/mol. The average molecular weight is 236 g/mol. The van der Waals surface area contributed by atoms with Gasteiger partial charge in [-0.25, -0.2) is 0 Å². The summed E-state index contributed by atoms with van der Waals surface area (Å²) in [7, 11) is 0. The molecule has 0 aromatic carbocycles. The molecule has 1 unspecified atom stereocenters. The van der Waals surface area contributed by atoms with Crippen molar-refractivity contribution in [3.8, 4) is 0 Å². The molecule has 0 bridgehead atoms. The van der Waals surface area contributed by atoms with Crippen LogP contribution < -0.4 is 0 Å². The van der Waals surface area contributed by atoms with Gasteiger partial charge < -0.3 is 0 Å². The summed E-state index contributed by atoms with van der Waals surface area (Å²) in [5.74, 6) is 1.15.